The number of rotatable bonds is 4. The number of hydrogen-bond donors (Lipinski definition) is 2. The SMILES string of the molecule is CC12CCC(NC(=O)CCC(N)=O)(CC1)C2. The van der Waals surface area contributed by atoms with Crippen LogP contribution in [0.5, 0.6) is 0 Å². The molecule has 2 bridgehead atoms. The topological polar surface area (TPSA) is 72.2 Å². The van der Waals surface area contributed by atoms with Gasteiger partial charge in [0.2, 0.25) is 11.8 Å². The molecule has 2 amide bonds. The van der Waals surface area contributed by atoms with Gasteiger partial charge in [0, 0.05) is 18.4 Å². The highest BCUT2D eigenvalue weighted by atomic mass is 16.2. The summed E-state index contributed by atoms with van der Waals surface area (Å²) in [5.74, 6) is -0.430. The summed E-state index contributed by atoms with van der Waals surface area (Å²) >= 11 is 0. The maximum atomic E-state index is 11.7. The van der Waals surface area contributed by atoms with Gasteiger partial charge in [-0.25, -0.2) is 0 Å². The van der Waals surface area contributed by atoms with Crippen LogP contribution in [0, 0.1) is 5.41 Å². The van der Waals surface area contributed by atoms with Gasteiger partial charge >= 0.3 is 0 Å². The first-order valence-electron chi connectivity index (χ1n) is 6.03. The average molecular weight is 224 g/mol. The van der Waals surface area contributed by atoms with Crippen LogP contribution in [0.2, 0.25) is 0 Å². The van der Waals surface area contributed by atoms with Crippen molar-refractivity contribution < 1.29 is 9.59 Å². The second-order valence-corrected chi connectivity index (χ2v) is 5.78. The van der Waals surface area contributed by atoms with Gasteiger partial charge in [0.15, 0.2) is 0 Å². The van der Waals surface area contributed by atoms with Gasteiger partial charge in [0.05, 0.1) is 0 Å². The van der Waals surface area contributed by atoms with E-state index < -0.39 is 5.91 Å². The Balaban J connectivity index is 1.86. The first-order chi connectivity index (χ1) is 7.43. The van der Waals surface area contributed by atoms with Crippen molar-refractivity contribution in [2.45, 2.75) is 57.4 Å². The summed E-state index contributed by atoms with van der Waals surface area (Å²) < 4.78 is 0. The normalized spacial score (nSPS) is 36.3. The molecule has 0 aliphatic heterocycles. The minimum atomic E-state index is -0.407. The van der Waals surface area contributed by atoms with Crippen LogP contribution in [0.25, 0.3) is 0 Å². The lowest BCUT2D eigenvalue weighted by Gasteiger charge is -2.28. The molecule has 4 nitrogen and oxygen atoms in total. The zero-order valence-corrected chi connectivity index (χ0v) is 9.84. The number of nitrogens with two attached hydrogens (primary N) is 1. The van der Waals surface area contributed by atoms with Crippen molar-refractivity contribution >= 4 is 11.8 Å². The van der Waals surface area contributed by atoms with Gasteiger partial charge in [-0.2, -0.15) is 0 Å². The van der Waals surface area contributed by atoms with Crippen molar-refractivity contribution in [3.63, 3.8) is 0 Å². The molecule has 0 unspecified atom stereocenters. The Morgan fingerprint density at radius 1 is 1.19 bits per heavy atom. The molecule has 2 aliphatic carbocycles. The third-order valence-electron chi connectivity index (χ3n) is 4.18. The Hall–Kier alpha value is -1.06. The summed E-state index contributed by atoms with van der Waals surface area (Å²) in [6, 6.07) is 0. The average Bonchev–Trinajstić information content (AvgIpc) is 2.68. The molecular formula is C12H20N2O2. The fourth-order valence-corrected chi connectivity index (χ4v) is 3.27. The summed E-state index contributed by atoms with van der Waals surface area (Å²) in [6.45, 7) is 2.30. The predicted molar refractivity (Wildman–Crippen MR) is 60.5 cm³/mol. The summed E-state index contributed by atoms with van der Waals surface area (Å²) in [6.07, 6.45) is 6.08. The maximum Gasteiger partial charge on any atom is 0.220 e. The smallest absolute Gasteiger partial charge is 0.220 e. The molecule has 0 heterocycles. The first-order valence-corrected chi connectivity index (χ1v) is 6.03. The maximum absolute atomic E-state index is 11.7. The zero-order valence-electron chi connectivity index (χ0n) is 9.84. The van der Waals surface area contributed by atoms with Crippen LogP contribution in [0.1, 0.15) is 51.9 Å². The molecule has 0 aromatic heterocycles. The third-order valence-corrected chi connectivity index (χ3v) is 4.18. The van der Waals surface area contributed by atoms with Crippen LogP contribution in [-0.4, -0.2) is 17.4 Å². The Bertz CT molecular complexity index is 317. The lowest BCUT2D eigenvalue weighted by atomic mass is 9.86. The molecule has 0 saturated heterocycles. The van der Waals surface area contributed by atoms with Crippen molar-refractivity contribution in [3.8, 4) is 0 Å². The summed E-state index contributed by atoms with van der Waals surface area (Å²) in [5, 5.41) is 3.12. The van der Waals surface area contributed by atoms with E-state index in [9.17, 15) is 9.59 Å². The van der Waals surface area contributed by atoms with E-state index in [1.165, 1.54) is 12.8 Å². The molecule has 2 saturated carbocycles. The minimum absolute atomic E-state index is 0.0232. The largest absolute Gasteiger partial charge is 0.370 e. The second kappa shape index (κ2) is 3.75. The van der Waals surface area contributed by atoms with Gasteiger partial charge in [0.25, 0.3) is 0 Å². The fraction of sp³-hybridized carbons (Fsp3) is 0.833. The van der Waals surface area contributed by atoms with Crippen molar-refractivity contribution in [1.82, 2.24) is 5.32 Å². The van der Waals surface area contributed by atoms with Crippen molar-refractivity contribution in [2.24, 2.45) is 11.1 Å². The quantitative estimate of drug-likeness (QED) is 0.750. The van der Waals surface area contributed by atoms with E-state index in [4.69, 9.17) is 5.73 Å². The highest BCUT2D eigenvalue weighted by Gasteiger charge is 2.52. The van der Waals surface area contributed by atoms with E-state index in [1.54, 1.807) is 0 Å². The van der Waals surface area contributed by atoms with Crippen LogP contribution in [-0.2, 0) is 9.59 Å². The van der Waals surface area contributed by atoms with E-state index in [2.05, 4.69) is 12.2 Å². The van der Waals surface area contributed by atoms with Crippen molar-refractivity contribution in [1.29, 1.82) is 0 Å². The predicted octanol–water partition coefficient (Wildman–Crippen LogP) is 1.09. The summed E-state index contributed by atoms with van der Waals surface area (Å²) in [7, 11) is 0. The van der Waals surface area contributed by atoms with Gasteiger partial charge in [-0.05, 0) is 37.5 Å². The molecule has 2 rings (SSSR count). The molecule has 0 aromatic rings. The van der Waals surface area contributed by atoms with Crippen LogP contribution < -0.4 is 11.1 Å². The number of carbonyl (C=O) groups is 2. The molecule has 2 aliphatic rings. The summed E-state index contributed by atoms with van der Waals surface area (Å²) in [5.41, 5.74) is 5.50. The Morgan fingerprint density at radius 3 is 2.25 bits per heavy atom. The number of amides is 2. The van der Waals surface area contributed by atoms with Crippen LogP contribution in [0.4, 0.5) is 0 Å². The van der Waals surface area contributed by atoms with Crippen molar-refractivity contribution in [2.75, 3.05) is 0 Å². The number of hydrogen-bond acceptors (Lipinski definition) is 2. The lowest BCUT2D eigenvalue weighted by Crippen LogP contribution is -2.45. The molecule has 0 spiro atoms. The monoisotopic (exact) mass is 224 g/mol. The Morgan fingerprint density at radius 2 is 1.81 bits per heavy atom. The number of nitrogens with one attached hydrogen (secondary N) is 1. The minimum Gasteiger partial charge on any atom is -0.370 e. The molecule has 0 atom stereocenters. The Labute approximate surface area is 96.0 Å². The molecule has 4 heteroatoms. The van der Waals surface area contributed by atoms with Gasteiger partial charge in [0.1, 0.15) is 0 Å². The van der Waals surface area contributed by atoms with Crippen LogP contribution in [0.3, 0.4) is 0 Å². The second-order valence-electron chi connectivity index (χ2n) is 5.78. The molecule has 0 aromatic carbocycles. The number of fused-ring (bicyclic) bond motifs is 2. The van der Waals surface area contributed by atoms with Crippen LogP contribution >= 0.6 is 0 Å². The summed E-state index contributed by atoms with van der Waals surface area (Å²) in [4.78, 5) is 22.3. The van der Waals surface area contributed by atoms with Gasteiger partial charge < -0.3 is 11.1 Å². The number of carbonyl (C=O) groups excluding carboxylic acids is 2. The van der Waals surface area contributed by atoms with E-state index in [1.807, 2.05) is 0 Å². The molecular weight excluding hydrogens is 204 g/mol. The lowest BCUT2D eigenvalue weighted by molar-refractivity contribution is -0.126. The van der Waals surface area contributed by atoms with Gasteiger partial charge in [-0.1, -0.05) is 6.92 Å². The van der Waals surface area contributed by atoms with Crippen LogP contribution in [0.15, 0.2) is 0 Å². The van der Waals surface area contributed by atoms with Gasteiger partial charge in [-0.3, -0.25) is 9.59 Å². The Kier molecular flexibility index (Phi) is 2.68. The first kappa shape index (κ1) is 11.4. The zero-order chi connectivity index (χ0) is 11.8. The van der Waals surface area contributed by atoms with E-state index >= 15 is 0 Å². The number of primary amides is 1. The molecule has 0 radical (unpaired) electrons. The molecule has 3 N–H and O–H groups in total. The third kappa shape index (κ3) is 2.20. The molecule has 2 fully saturated rings. The van der Waals surface area contributed by atoms with E-state index in [0.29, 0.717) is 5.41 Å². The highest BCUT2D eigenvalue weighted by Crippen LogP contribution is 2.56. The van der Waals surface area contributed by atoms with Crippen molar-refractivity contribution in [3.05, 3.63) is 0 Å². The van der Waals surface area contributed by atoms with E-state index in [-0.39, 0.29) is 24.3 Å². The molecule has 16 heavy (non-hydrogen) atoms. The molecule has 90 valence electrons. The standard InChI is InChI=1S/C12H20N2O2/c1-11-4-6-12(8-11,7-5-11)14-10(16)3-2-9(13)15/h2-8H2,1H3,(H2,13,15)(H,14,16). The van der Waals surface area contributed by atoms with Gasteiger partial charge in [-0.15, -0.1) is 0 Å². The highest BCUT2D eigenvalue weighted by molar-refractivity contribution is 5.83. The fourth-order valence-electron chi connectivity index (χ4n) is 3.27. The van der Waals surface area contributed by atoms with E-state index in [0.717, 1.165) is 19.3 Å².